The molecule has 3 N–H and O–H groups in total. The van der Waals surface area contributed by atoms with Gasteiger partial charge in [0.05, 0.1) is 13.2 Å². The number of nitrogens with one attached hydrogen (secondary N) is 1. The minimum atomic E-state index is -0.0450. The molecular formula is C15H22N4O2. The van der Waals surface area contributed by atoms with Gasteiger partial charge in [-0.3, -0.25) is 4.90 Å². The molecule has 0 aliphatic carbocycles. The van der Waals surface area contributed by atoms with Gasteiger partial charge in [-0.15, -0.1) is 0 Å². The second kappa shape index (κ2) is 6.32. The van der Waals surface area contributed by atoms with Crippen molar-refractivity contribution in [1.82, 2.24) is 9.80 Å². The first-order chi connectivity index (χ1) is 10.2. The number of nitrogens with zero attached hydrogens (tertiary/aromatic N) is 2. The molecule has 0 spiro atoms. The van der Waals surface area contributed by atoms with Gasteiger partial charge in [-0.05, 0) is 24.6 Å². The van der Waals surface area contributed by atoms with Gasteiger partial charge >= 0.3 is 6.03 Å². The number of anilines is 2. The molecule has 6 nitrogen and oxygen atoms in total. The van der Waals surface area contributed by atoms with Crippen LogP contribution >= 0.6 is 0 Å². The molecule has 2 heterocycles. The van der Waals surface area contributed by atoms with Crippen molar-refractivity contribution < 1.29 is 9.53 Å². The number of urea groups is 1. The molecule has 1 unspecified atom stereocenters. The number of likely N-dealkylation sites (tertiary alicyclic amines) is 1. The van der Waals surface area contributed by atoms with Crippen LogP contribution in [0, 0.1) is 0 Å². The number of hydrogen-bond acceptors (Lipinski definition) is 4. The first kappa shape index (κ1) is 14.2. The van der Waals surface area contributed by atoms with Gasteiger partial charge < -0.3 is 20.7 Å². The molecule has 21 heavy (non-hydrogen) atoms. The highest BCUT2D eigenvalue weighted by atomic mass is 16.5. The molecule has 3 rings (SSSR count). The number of benzene rings is 1. The number of nitrogen functional groups attached to an aromatic ring is 1. The third kappa shape index (κ3) is 3.46. The van der Waals surface area contributed by atoms with Crippen LogP contribution in [0.5, 0.6) is 0 Å². The summed E-state index contributed by atoms with van der Waals surface area (Å²) in [6.45, 7) is 5.12. The van der Waals surface area contributed by atoms with E-state index in [1.807, 2.05) is 17.0 Å². The quantitative estimate of drug-likeness (QED) is 0.803. The Balaban J connectivity index is 1.54. The van der Waals surface area contributed by atoms with Crippen molar-refractivity contribution in [3.8, 4) is 0 Å². The molecule has 0 aromatic heterocycles. The maximum Gasteiger partial charge on any atom is 0.321 e. The number of carbonyl (C=O) groups excluding carboxylic acids is 1. The topological polar surface area (TPSA) is 70.8 Å². The van der Waals surface area contributed by atoms with Gasteiger partial charge in [-0.2, -0.15) is 0 Å². The highest BCUT2D eigenvalue weighted by Crippen LogP contribution is 2.19. The summed E-state index contributed by atoms with van der Waals surface area (Å²) in [6.07, 6.45) is 1.03. The molecule has 2 amide bonds. The molecule has 2 fully saturated rings. The molecule has 2 aliphatic rings. The van der Waals surface area contributed by atoms with Gasteiger partial charge in [0.1, 0.15) is 0 Å². The summed E-state index contributed by atoms with van der Waals surface area (Å²) in [4.78, 5) is 16.6. The van der Waals surface area contributed by atoms with Crippen LogP contribution in [0.4, 0.5) is 16.2 Å². The Kier molecular flexibility index (Phi) is 4.26. The van der Waals surface area contributed by atoms with Gasteiger partial charge in [-0.25, -0.2) is 4.79 Å². The summed E-state index contributed by atoms with van der Waals surface area (Å²) in [5.74, 6) is 0. The van der Waals surface area contributed by atoms with E-state index in [0.717, 1.165) is 51.5 Å². The highest BCUT2D eigenvalue weighted by molar-refractivity contribution is 5.90. The fraction of sp³-hybridized carbons (Fsp3) is 0.533. The molecule has 1 atom stereocenters. The van der Waals surface area contributed by atoms with E-state index >= 15 is 0 Å². The minimum absolute atomic E-state index is 0.0450. The highest BCUT2D eigenvalue weighted by Gasteiger charge is 2.31. The summed E-state index contributed by atoms with van der Waals surface area (Å²) >= 11 is 0. The Morgan fingerprint density at radius 2 is 2.10 bits per heavy atom. The molecule has 1 aromatic rings. The number of carbonyl (C=O) groups is 1. The fourth-order valence-electron chi connectivity index (χ4n) is 2.99. The zero-order valence-corrected chi connectivity index (χ0v) is 12.1. The summed E-state index contributed by atoms with van der Waals surface area (Å²) < 4.78 is 5.38. The van der Waals surface area contributed by atoms with E-state index in [9.17, 15) is 4.79 Å². The van der Waals surface area contributed by atoms with E-state index in [-0.39, 0.29) is 6.03 Å². The number of nitrogens with two attached hydrogens (primary N) is 1. The lowest BCUT2D eigenvalue weighted by molar-refractivity contribution is 0.0192. The van der Waals surface area contributed by atoms with Crippen LogP contribution in [0.1, 0.15) is 6.42 Å². The predicted octanol–water partition coefficient (Wildman–Crippen LogP) is 1.21. The van der Waals surface area contributed by atoms with E-state index < -0.39 is 0 Å². The number of ether oxygens (including phenoxy) is 1. The van der Waals surface area contributed by atoms with E-state index in [0.29, 0.717) is 11.7 Å². The lowest BCUT2D eigenvalue weighted by Gasteiger charge is -2.32. The van der Waals surface area contributed by atoms with Gasteiger partial charge in [0.2, 0.25) is 0 Å². The average molecular weight is 290 g/mol. The van der Waals surface area contributed by atoms with Crippen molar-refractivity contribution in [3.05, 3.63) is 24.3 Å². The van der Waals surface area contributed by atoms with Crippen LogP contribution in [-0.4, -0.2) is 61.3 Å². The molecule has 0 bridgehead atoms. The minimum Gasteiger partial charge on any atom is -0.399 e. The molecule has 6 heteroatoms. The van der Waals surface area contributed by atoms with Gasteiger partial charge in [-0.1, -0.05) is 6.07 Å². The molecule has 0 saturated carbocycles. The standard InChI is InChI=1S/C15H22N4O2/c16-12-2-1-3-13(10-12)17-15(20)19-5-4-14(11-19)18-6-8-21-9-7-18/h1-3,10,14H,4-9,11,16H2,(H,17,20). The molecule has 0 radical (unpaired) electrons. The molecular weight excluding hydrogens is 268 g/mol. The number of hydrogen-bond donors (Lipinski definition) is 2. The van der Waals surface area contributed by atoms with Gasteiger partial charge in [0, 0.05) is 43.6 Å². The first-order valence-electron chi connectivity index (χ1n) is 7.45. The predicted molar refractivity (Wildman–Crippen MR) is 82.2 cm³/mol. The van der Waals surface area contributed by atoms with E-state index in [2.05, 4.69) is 10.2 Å². The Bertz CT molecular complexity index is 502. The molecule has 2 saturated heterocycles. The summed E-state index contributed by atoms with van der Waals surface area (Å²) in [6, 6.07) is 7.68. The summed E-state index contributed by atoms with van der Waals surface area (Å²) in [5, 5.41) is 2.91. The van der Waals surface area contributed by atoms with Crippen molar-refractivity contribution in [2.45, 2.75) is 12.5 Å². The Hall–Kier alpha value is -1.79. The lowest BCUT2D eigenvalue weighted by Crippen LogP contribution is -2.45. The average Bonchev–Trinajstić information content (AvgIpc) is 2.98. The first-order valence-corrected chi connectivity index (χ1v) is 7.45. The van der Waals surface area contributed by atoms with E-state index in [1.165, 1.54) is 0 Å². The zero-order valence-electron chi connectivity index (χ0n) is 12.1. The van der Waals surface area contributed by atoms with Crippen LogP contribution < -0.4 is 11.1 Å². The molecule has 1 aromatic carbocycles. The van der Waals surface area contributed by atoms with Crippen LogP contribution in [0.3, 0.4) is 0 Å². The van der Waals surface area contributed by atoms with Crippen molar-refractivity contribution >= 4 is 17.4 Å². The second-order valence-electron chi connectivity index (χ2n) is 5.59. The fourth-order valence-corrected chi connectivity index (χ4v) is 2.99. The van der Waals surface area contributed by atoms with Gasteiger partial charge in [0.15, 0.2) is 0 Å². The second-order valence-corrected chi connectivity index (χ2v) is 5.59. The van der Waals surface area contributed by atoms with Crippen molar-refractivity contribution in [1.29, 1.82) is 0 Å². The maximum absolute atomic E-state index is 12.3. The Labute approximate surface area is 124 Å². The van der Waals surface area contributed by atoms with E-state index in [4.69, 9.17) is 10.5 Å². The molecule has 2 aliphatic heterocycles. The van der Waals surface area contributed by atoms with Crippen LogP contribution in [0.25, 0.3) is 0 Å². The number of amides is 2. The Morgan fingerprint density at radius 1 is 1.29 bits per heavy atom. The monoisotopic (exact) mass is 290 g/mol. The van der Waals surface area contributed by atoms with Crippen LogP contribution in [-0.2, 0) is 4.74 Å². The SMILES string of the molecule is Nc1cccc(NC(=O)N2CCC(N3CCOCC3)C2)c1. The van der Waals surface area contributed by atoms with E-state index in [1.54, 1.807) is 12.1 Å². The third-order valence-electron chi connectivity index (χ3n) is 4.15. The van der Waals surface area contributed by atoms with Crippen LogP contribution in [0.2, 0.25) is 0 Å². The van der Waals surface area contributed by atoms with Crippen molar-refractivity contribution in [2.75, 3.05) is 50.4 Å². The number of rotatable bonds is 2. The summed E-state index contributed by atoms with van der Waals surface area (Å²) in [7, 11) is 0. The smallest absolute Gasteiger partial charge is 0.321 e. The maximum atomic E-state index is 12.3. The van der Waals surface area contributed by atoms with Crippen molar-refractivity contribution in [3.63, 3.8) is 0 Å². The van der Waals surface area contributed by atoms with Gasteiger partial charge in [0.25, 0.3) is 0 Å². The number of morpholine rings is 1. The largest absolute Gasteiger partial charge is 0.399 e. The van der Waals surface area contributed by atoms with Crippen molar-refractivity contribution in [2.24, 2.45) is 0 Å². The molecule has 114 valence electrons. The van der Waals surface area contributed by atoms with Crippen LogP contribution in [0.15, 0.2) is 24.3 Å². The third-order valence-corrected chi connectivity index (χ3v) is 4.15. The summed E-state index contributed by atoms with van der Waals surface area (Å²) in [5.41, 5.74) is 7.12. The normalized spacial score (nSPS) is 23.2. The zero-order chi connectivity index (χ0) is 14.7. The lowest BCUT2D eigenvalue weighted by atomic mass is 10.2. The Morgan fingerprint density at radius 3 is 2.86 bits per heavy atom.